The Morgan fingerprint density at radius 1 is 1.12 bits per heavy atom. The van der Waals surface area contributed by atoms with Crippen LogP contribution in [0.25, 0.3) is 0 Å². The highest BCUT2D eigenvalue weighted by Crippen LogP contribution is 2.29. The van der Waals surface area contributed by atoms with Crippen LogP contribution < -0.4 is 15.5 Å². The molecule has 1 aliphatic rings. The second kappa shape index (κ2) is 8.76. The van der Waals surface area contributed by atoms with Crippen LogP contribution in [-0.4, -0.2) is 36.8 Å². The number of carbonyl (C=O) groups is 4. The van der Waals surface area contributed by atoms with Gasteiger partial charge >= 0.3 is 5.97 Å². The van der Waals surface area contributed by atoms with E-state index in [0.29, 0.717) is 17.1 Å². The van der Waals surface area contributed by atoms with Crippen LogP contribution in [0.4, 0.5) is 17.1 Å². The lowest BCUT2D eigenvalue weighted by atomic mass is 10.1. The average molecular weight is 433 g/mol. The minimum Gasteiger partial charge on any atom is -0.459 e. The van der Waals surface area contributed by atoms with Gasteiger partial charge in [0, 0.05) is 5.69 Å². The number of ether oxygens (including phenoxy) is 1. The smallest absolute Gasteiger partial charge is 0.338 e. The summed E-state index contributed by atoms with van der Waals surface area (Å²) in [4.78, 5) is 50.5. The Morgan fingerprint density at radius 2 is 1.94 bits per heavy atom. The summed E-state index contributed by atoms with van der Waals surface area (Å²) in [6.07, 6.45) is 1.39. The number of nitrogens with zero attached hydrogens (tertiary/aromatic N) is 1. The maximum atomic E-state index is 12.6. The number of para-hydroxylation sites is 2. The summed E-state index contributed by atoms with van der Waals surface area (Å²) in [7, 11) is 0. The van der Waals surface area contributed by atoms with E-state index in [2.05, 4.69) is 10.6 Å². The lowest BCUT2D eigenvalue weighted by Crippen LogP contribution is -2.44. The van der Waals surface area contributed by atoms with Gasteiger partial charge in [0.25, 0.3) is 11.8 Å². The summed E-state index contributed by atoms with van der Waals surface area (Å²) in [6, 6.07) is 14.6. The van der Waals surface area contributed by atoms with E-state index in [9.17, 15) is 19.2 Å². The summed E-state index contributed by atoms with van der Waals surface area (Å²) < 4.78 is 10.2. The van der Waals surface area contributed by atoms with Crippen LogP contribution in [0.5, 0.6) is 0 Å². The van der Waals surface area contributed by atoms with Crippen molar-refractivity contribution in [3.05, 3.63) is 77.7 Å². The van der Waals surface area contributed by atoms with Crippen molar-refractivity contribution in [2.45, 2.75) is 6.92 Å². The van der Waals surface area contributed by atoms with Gasteiger partial charge in [0.2, 0.25) is 5.91 Å². The molecule has 0 atom stereocenters. The Bertz CT molecular complexity index is 1200. The SMILES string of the molecule is Cc1ccc(C(=O)OCC(=O)N2CC(=O)Nc3ccccc32)cc1NC(=O)c1ccco1. The largest absolute Gasteiger partial charge is 0.459 e. The van der Waals surface area contributed by atoms with E-state index in [4.69, 9.17) is 9.15 Å². The van der Waals surface area contributed by atoms with E-state index in [1.54, 1.807) is 43.3 Å². The van der Waals surface area contributed by atoms with Crippen molar-refractivity contribution in [1.29, 1.82) is 0 Å². The number of hydrogen-bond donors (Lipinski definition) is 2. The molecule has 0 saturated carbocycles. The number of carbonyl (C=O) groups excluding carboxylic acids is 4. The number of aryl methyl sites for hydroxylation is 1. The molecule has 3 aromatic rings. The molecular weight excluding hydrogens is 414 g/mol. The van der Waals surface area contributed by atoms with Crippen molar-refractivity contribution < 1.29 is 28.3 Å². The van der Waals surface area contributed by atoms with Gasteiger partial charge in [-0.2, -0.15) is 0 Å². The van der Waals surface area contributed by atoms with Gasteiger partial charge in [0.15, 0.2) is 12.4 Å². The first-order chi connectivity index (χ1) is 15.4. The Hall–Kier alpha value is -4.40. The minimum atomic E-state index is -0.735. The number of amides is 3. The topological polar surface area (TPSA) is 118 Å². The molecule has 9 heteroatoms. The molecule has 0 spiro atoms. The van der Waals surface area contributed by atoms with E-state index in [-0.39, 0.29) is 23.8 Å². The van der Waals surface area contributed by atoms with E-state index < -0.39 is 24.4 Å². The Morgan fingerprint density at radius 3 is 2.72 bits per heavy atom. The van der Waals surface area contributed by atoms with Crippen molar-refractivity contribution in [3.8, 4) is 0 Å². The molecule has 162 valence electrons. The van der Waals surface area contributed by atoms with Crippen LogP contribution in [0.2, 0.25) is 0 Å². The fraction of sp³-hybridized carbons (Fsp3) is 0.130. The predicted molar refractivity (Wildman–Crippen MR) is 116 cm³/mol. The van der Waals surface area contributed by atoms with Crippen molar-refractivity contribution in [2.75, 3.05) is 28.7 Å². The van der Waals surface area contributed by atoms with Gasteiger partial charge in [0.05, 0.1) is 23.2 Å². The van der Waals surface area contributed by atoms with E-state index >= 15 is 0 Å². The lowest BCUT2D eigenvalue weighted by molar-refractivity contribution is -0.124. The highest BCUT2D eigenvalue weighted by atomic mass is 16.5. The molecule has 1 aliphatic heterocycles. The van der Waals surface area contributed by atoms with Gasteiger partial charge in [-0.05, 0) is 48.9 Å². The zero-order valence-corrected chi connectivity index (χ0v) is 17.1. The van der Waals surface area contributed by atoms with Crippen LogP contribution in [0.3, 0.4) is 0 Å². The molecule has 4 rings (SSSR count). The van der Waals surface area contributed by atoms with Crippen molar-refractivity contribution >= 4 is 40.8 Å². The van der Waals surface area contributed by atoms with Crippen LogP contribution in [0, 0.1) is 6.92 Å². The third kappa shape index (κ3) is 4.36. The van der Waals surface area contributed by atoms with Gasteiger partial charge in [-0.25, -0.2) is 4.79 Å². The fourth-order valence-corrected chi connectivity index (χ4v) is 3.22. The Balaban J connectivity index is 1.43. The van der Waals surface area contributed by atoms with Gasteiger partial charge in [0.1, 0.15) is 6.54 Å². The third-order valence-electron chi connectivity index (χ3n) is 4.86. The molecule has 0 radical (unpaired) electrons. The molecule has 0 unspecified atom stereocenters. The maximum absolute atomic E-state index is 12.6. The molecule has 2 heterocycles. The second-order valence-corrected chi connectivity index (χ2v) is 7.08. The molecule has 9 nitrogen and oxygen atoms in total. The highest BCUT2D eigenvalue weighted by molar-refractivity contribution is 6.10. The Labute approximate surface area is 183 Å². The van der Waals surface area contributed by atoms with Crippen molar-refractivity contribution in [2.24, 2.45) is 0 Å². The van der Waals surface area contributed by atoms with Crippen LogP contribution in [0.1, 0.15) is 26.5 Å². The van der Waals surface area contributed by atoms with Gasteiger partial charge in [-0.1, -0.05) is 18.2 Å². The van der Waals surface area contributed by atoms with Crippen LogP contribution in [-0.2, 0) is 14.3 Å². The lowest BCUT2D eigenvalue weighted by Gasteiger charge is -2.28. The standard InChI is InChI=1S/C23H19N3O6/c1-14-8-9-15(11-17(14)25-22(29)19-7-4-10-31-19)23(30)32-13-21(28)26-12-20(27)24-16-5-2-3-6-18(16)26/h2-11H,12-13H2,1H3,(H,24,27)(H,25,29). The number of esters is 1. The summed E-state index contributed by atoms with van der Waals surface area (Å²) >= 11 is 0. The summed E-state index contributed by atoms with van der Waals surface area (Å²) in [5, 5.41) is 5.37. The monoisotopic (exact) mass is 433 g/mol. The molecule has 32 heavy (non-hydrogen) atoms. The molecule has 0 aliphatic carbocycles. The van der Waals surface area contributed by atoms with E-state index in [1.165, 1.54) is 29.4 Å². The molecule has 3 amide bonds. The number of furan rings is 1. The molecule has 0 saturated heterocycles. The molecule has 2 N–H and O–H groups in total. The number of nitrogens with one attached hydrogen (secondary N) is 2. The summed E-state index contributed by atoms with van der Waals surface area (Å²) in [6.45, 7) is 1.07. The minimum absolute atomic E-state index is 0.133. The van der Waals surface area contributed by atoms with E-state index in [1.807, 2.05) is 0 Å². The van der Waals surface area contributed by atoms with Crippen LogP contribution >= 0.6 is 0 Å². The summed E-state index contributed by atoms with van der Waals surface area (Å²) in [5.74, 6) is -1.92. The van der Waals surface area contributed by atoms with Gasteiger partial charge < -0.3 is 19.8 Å². The first-order valence-electron chi connectivity index (χ1n) is 9.74. The van der Waals surface area contributed by atoms with Gasteiger partial charge in [-0.15, -0.1) is 0 Å². The van der Waals surface area contributed by atoms with E-state index in [0.717, 1.165) is 5.56 Å². The quantitative estimate of drug-likeness (QED) is 0.598. The van der Waals surface area contributed by atoms with Crippen molar-refractivity contribution in [3.63, 3.8) is 0 Å². The average Bonchev–Trinajstić information content (AvgIpc) is 3.33. The zero-order valence-electron chi connectivity index (χ0n) is 17.1. The van der Waals surface area contributed by atoms with Gasteiger partial charge in [-0.3, -0.25) is 19.3 Å². The zero-order chi connectivity index (χ0) is 22.7. The maximum Gasteiger partial charge on any atom is 0.338 e. The highest BCUT2D eigenvalue weighted by Gasteiger charge is 2.27. The predicted octanol–water partition coefficient (Wildman–Crippen LogP) is 2.98. The summed E-state index contributed by atoms with van der Waals surface area (Å²) in [5.41, 5.74) is 2.35. The molecule has 0 fully saturated rings. The first-order valence-corrected chi connectivity index (χ1v) is 9.74. The number of hydrogen-bond acceptors (Lipinski definition) is 6. The molecular formula is C23H19N3O6. The third-order valence-corrected chi connectivity index (χ3v) is 4.86. The number of rotatable bonds is 5. The molecule has 1 aromatic heterocycles. The normalized spacial score (nSPS) is 12.5. The first kappa shape index (κ1) is 20.9. The number of fused-ring (bicyclic) bond motifs is 1. The number of benzene rings is 2. The molecule has 0 bridgehead atoms. The second-order valence-electron chi connectivity index (χ2n) is 7.08. The number of anilines is 3. The van der Waals surface area contributed by atoms with Crippen molar-refractivity contribution in [1.82, 2.24) is 0 Å². The van der Waals surface area contributed by atoms with Crippen LogP contribution in [0.15, 0.2) is 65.3 Å². The molecule has 2 aromatic carbocycles. The fourth-order valence-electron chi connectivity index (χ4n) is 3.22. The Kier molecular flexibility index (Phi) is 5.71.